The third kappa shape index (κ3) is 4.44. The molecule has 0 fully saturated rings. The molecule has 0 saturated carbocycles. The number of carbonyl (C=O) groups is 1. The van der Waals surface area contributed by atoms with Gasteiger partial charge in [0.2, 0.25) is 5.91 Å². The van der Waals surface area contributed by atoms with Crippen LogP contribution in [0, 0.1) is 13.8 Å². The first-order chi connectivity index (χ1) is 9.95. The fourth-order valence-electron chi connectivity index (χ4n) is 2.21. The number of hydrogen-bond acceptors (Lipinski definition) is 3. The highest BCUT2D eigenvalue weighted by atomic mass is 79.9. The Morgan fingerprint density at radius 1 is 1.33 bits per heavy atom. The van der Waals surface area contributed by atoms with Crippen molar-refractivity contribution in [1.82, 2.24) is 5.32 Å². The van der Waals surface area contributed by atoms with Crippen molar-refractivity contribution in [2.24, 2.45) is 0 Å². The number of carbonyl (C=O) groups excluding carboxylic acids is 1. The van der Waals surface area contributed by atoms with Crippen LogP contribution in [0.3, 0.4) is 0 Å². The van der Waals surface area contributed by atoms with Gasteiger partial charge in [0.25, 0.3) is 0 Å². The number of halogens is 1. The molecule has 0 bridgehead atoms. The number of nitrogens with one attached hydrogen (secondary N) is 2. The lowest BCUT2D eigenvalue weighted by molar-refractivity contribution is -0.115. The zero-order chi connectivity index (χ0) is 15.4. The average molecular weight is 351 g/mol. The summed E-state index contributed by atoms with van der Waals surface area (Å²) in [4.78, 5) is 11.9. The minimum absolute atomic E-state index is 0.0655. The molecule has 0 saturated heterocycles. The van der Waals surface area contributed by atoms with Crippen molar-refractivity contribution < 1.29 is 9.21 Å². The third-order valence-electron chi connectivity index (χ3n) is 3.22. The lowest BCUT2D eigenvalue weighted by Crippen LogP contribution is -2.30. The van der Waals surface area contributed by atoms with Crippen molar-refractivity contribution in [3.8, 4) is 0 Å². The van der Waals surface area contributed by atoms with E-state index in [0.717, 1.165) is 27.2 Å². The van der Waals surface area contributed by atoms with E-state index in [9.17, 15) is 4.79 Å². The van der Waals surface area contributed by atoms with Crippen LogP contribution >= 0.6 is 15.9 Å². The Morgan fingerprint density at radius 3 is 2.71 bits per heavy atom. The largest absolute Gasteiger partial charge is 0.466 e. The van der Waals surface area contributed by atoms with Crippen molar-refractivity contribution in [3.05, 3.63) is 51.9 Å². The van der Waals surface area contributed by atoms with E-state index in [-0.39, 0.29) is 18.5 Å². The number of aryl methyl sites for hydroxylation is 2. The van der Waals surface area contributed by atoms with Crippen LogP contribution in [-0.2, 0) is 4.79 Å². The molecular weight excluding hydrogens is 332 g/mol. The Morgan fingerprint density at radius 2 is 2.10 bits per heavy atom. The van der Waals surface area contributed by atoms with Gasteiger partial charge in [0.05, 0.1) is 6.54 Å². The summed E-state index contributed by atoms with van der Waals surface area (Å²) in [5.41, 5.74) is 1.86. The second-order valence-electron chi connectivity index (χ2n) is 5.03. The summed E-state index contributed by atoms with van der Waals surface area (Å²) in [6, 6.07) is 9.59. The van der Waals surface area contributed by atoms with Gasteiger partial charge < -0.3 is 15.1 Å². The SMILES string of the molecule is Cc1cc(C(C)NCC(=O)Nc2cccc(Br)c2)c(C)o1. The van der Waals surface area contributed by atoms with E-state index in [0.29, 0.717) is 0 Å². The Hall–Kier alpha value is -1.59. The molecule has 112 valence electrons. The van der Waals surface area contributed by atoms with Gasteiger partial charge in [-0.05, 0) is 45.0 Å². The lowest BCUT2D eigenvalue weighted by Gasteiger charge is -2.13. The molecule has 4 nitrogen and oxygen atoms in total. The van der Waals surface area contributed by atoms with Gasteiger partial charge >= 0.3 is 0 Å². The van der Waals surface area contributed by atoms with Crippen molar-refractivity contribution in [2.75, 3.05) is 11.9 Å². The molecule has 2 N–H and O–H groups in total. The molecule has 0 radical (unpaired) electrons. The van der Waals surface area contributed by atoms with Crippen LogP contribution in [0.4, 0.5) is 5.69 Å². The summed E-state index contributed by atoms with van der Waals surface area (Å²) in [6.07, 6.45) is 0. The molecule has 2 aromatic rings. The van der Waals surface area contributed by atoms with Crippen LogP contribution in [0.2, 0.25) is 0 Å². The minimum Gasteiger partial charge on any atom is -0.466 e. The number of rotatable bonds is 5. The van der Waals surface area contributed by atoms with Gasteiger partial charge in [-0.3, -0.25) is 4.79 Å². The fraction of sp³-hybridized carbons (Fsp3) is 0.312. The lowest BCUT2D eigenvalue weighted by atomic mass is 10.1. The molecule has 1 amide bonds. The molecule has 0 spiro atoms. The molecular formula is C16H19BrN2O2. The maximum absolute atomic E-state index is 11.9. The van der Waals surface area contributed by atoms with Crippen molar-refractivity contribution in [2.45, 2.75) is 26.8 Å². The Kier molecular flexibility index (Phi) is 5.20. The van der Waals surface area contributed by atoms with E-state index >= 15 is 0 Å². The van der Waals surface area contributed by atoms with Gasteiger partial charge in [-0.1, -0.05) is 22.0 Å². The molecule has 1 aromatic carbocycles. The van der Waals surface area contributed by atoms with Crippen molar-refractivity contribution in [1.29, 1.82) is 0 Å². The van der Waals surface area contributed by atoms with Crippen LogP contribution in [0.25, 0.3) is 0 Å². The predicted molar refractivity (Wildman–Crippen MR) is 87.4 cm³/mol. The van der Waals surface area contributed by atoms with Crippen LogP contribution in [0.1, 0.15) is 30.0 Å². The fourth-order valence-corrected chi connectivity index (χ4v) is 2.61. The predicted octanol–water partition coefficient (Wildman–Crippen LogP) is 3.95. The monoisotopic (exact) mass is 350 g/mol. The van der Waals surface area contributed by atoms with Crippen LogP contribution in [0.15, 0.2) is 39.2 Å². The first-order valence-corrected chi connectivity index (χ1v) is 7.60. The molecule has 5 heteroatoms. The molecule has 21 heavy (non-hydrogen) atoms. The average Bonchev–Trinajstić information content (AvgIpc) is 2.75. The van der Waals surface area contributed by atoms with Gasteiger partial charge in [-0.25, -0.2) is 0 Å². The normalized spacial score (nSPS) is 12.2. The number of amides is 1. The summed E-state index contributed by atoms with van der Waals surface area (Å²) in [5.74, 6) is 1.70. The van der Waals surface area contributed by atoms with Gasteiger partial charge in [-0.15, -0.1) is 0 Å². The summed E-state index contributed by atoms with van der Waals surface area (Å²) < 4.78 is 6.44. The zero-order valence-corrected chi connectivity index (χ0v) is 14.0. The first kappa shape index (κ1) is 15.8. The summed E-state index contributed by atoms with van der Waals surface area (Å²) in [7, 11) is 0. The number of hydrogen-bond donors (Lipinski definition) is 2. The van der Waals surface area contributed by atoms with Crippen molar-refractivity contribution >= 4 is 27.5 Å². The molecule has 0 aliphatic rings. The minimum atomic E-state index is -0.0715. The highest BCUT2D eigenvalue weighted by molar-refractivity contribution is 9.10. The quantitative estimate of drug-likeness (QED) is 0.858. The van der Waals surface area contributed by atoms with Crippen molar-refractivity contribution in [3.63, 3.8) is 0 Å². The molecule has 1 unspecified atom stereocenters. The number of furan rings is 1. The second kappa shape index (κ2) is 6.91. The van der Waals surface area contributed by atoms with Gasteiger partial charge in [0, 0.05) is 21.8 Å². The summed E-state index contributed by atoms with van der Waals surface area (Å²) in [6.45, 7) is 6.12. The van der Waals surface area contributed by atoms with Crippen LogP contribution in [0.5, 0.6) is 0 Å². The van der Waals surface area contributed by atoms with E-state index in [4.69, 9.17) is 4.42 Å². The maximum Gasteiger partial charge on any atom is 0.238 e. The molecule has 0 aliphatic heterocycles. The molecule has 2 rings (SSSR count). The highest BCUT2D eigenvalue weighted by Gasteiger charge is 2.13. The molecule has 1 aromatic heterocycles. The Bertz CT molecular complexity index is 637. The smallest absolute Gasteiger partial charge is 0.238 e. The van der Waals surface area contributed by atoms with E-state index in [2.05, 4.69) is 26.6 Å². The highest BCUT2D eigenvalue weighted by Crippen LogP contribution is 2.21. The Balaban J connectivity index is 1.88. The van der Waals surface area contributed by atoms with Crippen LogP contribution in [-0.4, -0.2) is 12.5 Å². The van der Waals surface area contributed by atoms with Gasteiger partial charge in [-0.2, -0.15) is 0 Å². The molecule has 1 atom stereocenters. The summed E-state index contributed by atoms with van der Waals surface area (Å²) >= 11 is 3.38. The number of anilines is 1. The zero-order valence-electron chi connectivity index (χ0n) is 12.4. The first-order valence-electron chi connectivity index (χ1n) is 6.81. The van der Waals surface area contributed by atoms with E-state index in [1.807, 2.05) is 51.1 Å². The second-order valence-corrected chi connectivity index (χ2v) is 5.95. The van der Waals surface area contributed by atoms with Gasteiger partial charge in [0.1, 0.15) is 11.5 Å². The van der Waals surface area contributed by atoms with E-state index in [1.54, 1.807) is 0 Å². The topological polar surface area (TPSA) is 54.3 Å². The van der Waals surface area contributed by atoms with Gasteiger partial charge in [0.15, 0.2) is 0 Å². The van der Waals surface area contributed by atoms with E-state index < -0.39 is 0 Å². The summed E-state index contributed by atoms with van der Waals surface area (Å²) in [5, 5.41) is 6.06. The third-order valence-corrected chi connectivity index (χ3v) is 3.72. The Labute approximate surface area is 133 Å². The maximum atomic E-state index is 11.9. The number of benzene rings is 1. The van der Waals surface area contributed by atoms with Crippen LogP contribution < -0.4 is 10.6 Å². The molecule has 1 heterocycles. The molecule has 0 aliphatic carbocycles. The standard InChI is InChI=1S/C16H19BrN2O2/c1-10-7-15(12(3)21-10)11(2)18-9-16(20)19-14-6-4-5-13(17)8-14/h4-8,11,18H,9H2,1-3H3,(H,19,20). The van der Waals surface area contributed by atoms with E-state index in [1.165, 1.54) is 0 Å².